The van der Waals surface area contributed by atoms with E-state index >= 15 is 0 Å². The Balaban J connectivity index is 1.51. The summed E-state index contributed by atoms with van der Waals surface area (Å²) in [5, 5.41) is 11.5. The molecule has 0 aromatic carbocycles. The first-order chi connectivity index (χ1) is 9.76. The summed E-state index contributed by atoms with van der Waals surface area (Å²) in [5.41, 5.74) is 1.01. The molecule has 1 aromatic rings. The second-order valence-corrected chi connectivity index (χ2v) is 6.14. The molecule has 0 aliphatic carbocycles. The van der Waals surface area contributed by atoms with Crippen molar-refractivity contribution in [1.82, 2.24) is 30.1 Å². The van der Waals surface area contributed by atoms with Gasteiger partial charge >= 0.3 is 0 Å². The maximum absolute atomic E-state index is 4.20. The van der Waals surface area contributed by atoms with Gasteiger partial charge in [0.1, 0.15) is 0 Å². The number of nitrogens with one attached hydrogen (secondary N) is 1. The molecule has 1 aromatic heterocycles. The summed E-state index contributed by atoms with van der Waals surface area (Å²) in [7, 11) is 1.93. The monoisotopic (exact) mass is 278 g/mol. The van der Waals surface area contributed by atoms with Crippen molar-refractivity contribution in [1.29, 1.82) is 0 Å². The van der Waals surface area contributed by atoms with Crippen molar-refractivity contribution in [3.63, 3.8) is 0 Å². The van der Waals surface area contributed by atoms with Gasteiger partial charge in [-0.15, -0.1) is 5.10 Å². The first-order valence-electron chi connectivity index (χ1n) is 7.78. The van der Waals surface area contributed by atoms with Gasteiger partial charge in [-0.1, -0.05) is 5.21 Å². The fourth-order valence-corrected chi connectivity index (χ4v) is 3.50. The molecule has 1 N–H and O–H groups in total. The molecule has 2 aliphatic rings. The molecule has 2 unspecified atom stereocenters. The fraction of sp³-hybridized carbons (Fsp3) is 0.857. The van der Waals surface area contributed by atoms with Crippen molar-refractivity contribution in [2.24, 2.45) is 0 Å². The van der Waals surface area contributed by atoms with Crippen LogP contribution in [0.4, 0.5) is 0 Å². The van der Waals surface area contributed by atoms with E-state index in [0.717, 1.165) is 31.4 Å². The van der Waals surface area contributed by atoms with E-state index in [-0.39, 0.29) is 0 Å². The van der Waals surface area contributed by atoms with Crippen LogP contribution in [0.2, 0.25) is 0 Å². The molecule has 2 saturated heterocycles. The highest BCUT2D eigenvalue weighted by atomic mass is 15.4. The van der Waals surface area contributed by atoms with Gasteiger partial charge in [-0.3, -0.25) is 14.5 Å². The van der Waals surface area contributed by atoms with Gasteiger partial charge in [-0.05, 0) is 33.4 Å². The lowest BCUT2D eigenvalue weighted by Crippen LogP contribution is -2.55. The number of rotatable bonds is 5. The average Bonchev–Trinajstić information content (AvgIpc) is 3.05. The number of piperazine rings is 1. The Morgan fingerprint density at radius 1 is 1.35 bits per heavy atom. The highest BCUT2D eigenvalue weighted by Gasteiger charge is 2.33. The summed E-state index contributed by atoms with van der Waals surface area (Å²) >= 11 is 0. The topological polar surface area (TPSA) is 49.2 Å². The smallest absolute Gasteiger partial charge is 0.0964 e. The van der Waals surface area contributed by atoms with E-state index in [2.05, 4.69) is 32.4 Å². The van der Waals surface area contributed by atoms with E-state index < -0.39 is 0 Å². The van der Waals surface area contributed by atoms with Gasteiger partial charge in [0.15, 0.2) is 0 Å². The molecule has 20 heavy (non-hydrogen) atoms. The van der Waals surface area contributed by atoms with E-state index in [1.165, 1.54) is 32.5 Å². The second kappa shape index (κ2) is 6.20. The Bertz CT molecular complexity index is 431. The van der Waals surface area contributed by atoms with Crippen molar-refractivity contribution in [2.45, 2.75) is 44.9 Å². The summed E-state index contributed by atoms with van der Waals surface area (Å²) < 4.78 is 1.97. The van der Waals surface area contributed by atoms with Gasteiger partial charge in [0.2, 0.25) is 0 Å². The molecule has 3 heterocycles. The average molecular weight is 278 g/mol. The summed E-state index contributed by atoms with van der Waals surface area (Å²) in [6, 6.07) is 1.45. The van der Waals surface area contributed by atoms with Crippen LogP contribution < -0.4 is 5.32 Å². The zero-order valence-electron chi connectivity index (χ0n) is 12.6. The molecule has 0 spiro atoms. The van der Waals surface area contributed by atoms with Crippen LogP contribution in [-0.2, 0) is 13.1 Å². The van der Waals surface area contributed by atoms with Crippen molar-refractivity contribution < 1.29 is 0 Å². The van der Waals surface area contributed by atoms with Gasteiger partial charge in [-0.2, -0.15) is 0 Å². The molecule has 112 valence electrons. The minimum Gasteiger partial charge on any atom is -0.314 e. The summed E-state index contributed by atoms with van der Waals surface area (Å²) in [4.78, 5) is 5.29. The molecule has 2 fully saturated rings. The van der Waals surface area contributed by atoms with Gasteiger partial charge in [0.25, 0.3) is 0 Å². The van der Waals surface area contributed by atoms with Crippen molar-refractivity contribution in [3.8, 4) is 0 Å². The predicted molar refractivity (Wildman–Crippen MR) is 78.4 cm³/mol. The predicted octanol–water partition coefficient (Wildman–Crippen LogP) is 0.166. The Kier molecular flexibility index (Phi) is 4.33. The van der Waals surface area contributed by atoms with Crippen LogP contribution in [0.3, 0.4) is 0 Å². The quantitative estimate of drug-likeness (QED) is 0.832. The van der Waals surface area contributed by atoms with E-state index in [1.54, 1.807) is 0 Å². The third-order valence-corrected chi connectivity index (χ3v) is 4.63. The Hall–Kier alpha value is -0.980. The molecule has 2 aliphatic heterocycles. The lowest BCUT2D eigenvalue weighted by atomic mass is 10.1. The SMILES string of the molecule is CNCc1cn(CCN2CC3CCCN3CC2C)nn1. The normalized spacial score (nSPS) is 27.9. The van der Waals surface area contributed by atoms with Crippen molar-refractivity contribution in [2.75, 3.05) is 33.2 Å². The fourth-order valence-electron chi connectivity index (χ4n) is 3.50. The van der Waals surface area contributed by atoms with E-state index in [1.807, 2.05) is 17.9 Å². The van der Waals surface area contributed by atoms with Crippen LogP contribution in [-0.4, -0.2) is 70.1 Å². The van der Waals surface area contributed by atoms with Crippen molar-refractivity contribution in [3.05, 3.63) is 11.9 Å². The lowest BCUT2D eigenvalue weighted by molar-refractivity contribution is 0.0563. The van der Waals surface area contributed by atoms with Crippen LogP contribution in [0.25, 0.3) is 0 Å². The molecule has 0 radical (unpaired) electrons. The van der Waals surface area contributed by atoms with E-state index in [4.69, 9.17) is 0 Å². The van der Waals surface area contributed by atoms with E-state index in [0.29, 0.717) is 6.04 Å². The molecule has 0 bridgehead atoms. The second-order valence-electron chi connectivity index (χ2n) is 6.14. The number of nitrogens with zero attached hydrogens (tertiary/aromatic N) is 5. The lowest BCUT2D eigenvalue weighted by Gasteiger charge is -2.42. The maximum Gasteiger partial charge on any atom is 0.0964 e. The summed E-state index contributed by atoms with van der Waals surface area (Å²) in [5.74, 6) is 0. The van der Waals surface area contributed by atoms with Crippen LogP contribution in [0.15, 0.2) is 6.20 Å². The maximum atomic E-state index is 4.20. The summed E-state index contributed by atoms with van der Waals surface area (Å²) in [6.07, 6.45) is 4.80. The van der Waals surface area contributed by atoms with Gasteiger partial charge in [0.05, 0.1) is 12.2 Å². The Morgan fingerprint density at radius 2 is 2.25 bits per heavy atom. The zero-order valence-corrected chi connectivity index (χ0v) is 12.6. The van der Waals surface area contributed by atoms with Crippen molar-refractivity contribution >= 4 is 0 Å². The first kappa shape index (κ1) is 14.0. The molecule has 6 heteroatoms. The molecular formula is C14H26N6. The first-order valence-corrected chi connectivity index (χ1v) is 7.78. The largest absolute Gasteiger partial charge is 0.314 e. The van der Waals surface area contributed by atoms with Crippen LogP contribution in [0.5, 0.6) is 0 Å². The summed E-state index contributed by atoms with van der Waals surface area (Å²) in [6.45, 7) is 8.91. The standard InChI is InChI=1S/C14H26N6/c1-12-9-19-5-3-4-14(19)11-18(12)6-7-20-10-13(8-15-2)16-17-20/h10,12,14-15H,3-9,11H2,1-2H3. The molecule has 2 atom stereocenters. The highest BCUT2D eigenvalue weighted by molar-refractivity contribution is 4.92. The minimum absolute atomic E-state index is 0.657. The van der Waals surface area contributed by atoms with E-state index in [9.17, 15) is 0 Å². The molecule has 0 amide bonds. The Labute approximate surface area is 121 Å². The molecular weight excluding hydrogens is 252 g/mol. The number of hydrogen-bond acceptors (Lipinski definition) is 5. The molecule has 0 saturated carbocycles. The van der Waals surface area contributed by atoms with Gasteiger partial charge < -0.3 is 5.32 Å². The van der Waals surface area contributed by atoms with Crippen LogP contribution >= 0.6 is 0 Å². The highest BCUT2D eigenvalue weighted by Crippen LogP contribution is 2.24. The Morgan fingerprint density at radius 3 is 3.10 bits per heavy atom. The van der Waals surface area contributed by atoms with Crippen LogP contribution in [0, 0.1) is 0 Å². The van der Waals surface area contributed by atoms with Gasteiger partial charge in [-0.25, -0.2) is 0 Å². The molecule has 6 nitrogen and oxygen atoms in total. The number of aromatic nitrogens is 3. The number of hydrogen-bond donors (Lipinski definition) is 1. The van der Waals surface area contributed by atoms with Gasteiger partial charge in [0, 0.05) is 44.5 Å². The number of fused-ring (bicyclic) bond motifs is 1. The third-order valence-electron chi connectivity index (χ3n) is 4.63. The molecule has 3 rings (SSSR count). The third kappa shape index (κ3) is 3.02. The minimum atomic E-state index is 0.657. The van der Waals surface area contributed by atoms with Crippen LogP contribution in [0.1, 0.15) is 25.5 Å². The zero-order chi connectivity index (χ0) is 13.9.